The maximum Gasteiger partial charge on any atom is 0.261 e. The molecule has 1 aromatic heterocycles. The van der Waals surface area contributed by atoms with Crippen molar-refractivity contribution in [1.82, 2.24) is 14.9 Å². The van der Waals surface area contributed by atoms with Crippen LogP contribution in [-0.2, 0) is 13.0 Å². The Hall–Kier alpha value is -2.46. The molecule has 0 aliphatic carbocycles. The Labute approximate surface area is 148 Å². The Bertz CT molecular complexity index is 858. The van der Waals surface area contributed by atoms with E-state index in [-0.39, 0.29) is 5.56 Å². The molecule has 0 aliphatic heterocycles. The minimum atomic E-state index is 0.0442. The fourth-order valence-corrected chi connectivity index (χ4v) is 2.99. The molecule has 4 nitrogen and oxygen atoms in total. The fourth-order valence-electron chi connectivity index (χ4n) is 2.99. The van der Waals surface area contributed by atoms with Gasteiger partial charge in [-0.25, -0.2) is 4.98 Å². The van der Waals surface area contributed by atoms with Crippen LogP contribution in [0.3, 0.4) is 0 Å². The standard InChI is InChI=1S/C21H25N3O/c1-17(12-13-18-8-3-2-4-9-18)22-14-7-15-24-16-23-20-11-6-5-10-19(20)21(24)25/h2-6,8-11,16-17,22H,7,12-15H2,1H3. The van der Waals surface area contributed by atoms with E-state index in [1.165, 1.54) is 5.56 Å². The lowest BCUT2D eigenvalue weighted by Crippen LogP contribution is -2.29. The first-order valence-corrected chi connectivity index (χ1v) is 8.95. The van der Waals surface area contributed by atoms with Gasteiger partial charge in [-0.2, -0.15) is 0 Å². The maximum atomic E-state index is 12.4. The average Bonchev–Trinajstić information content (AvgIpc) is 2.66. The number of nitrogens with one attached hydrogen (secondary N) is 1. The van der Waals surface area contributed by atoms with Crippen molar-refractivity contribution in [2.45, 2.75) is 38.8 Å². The van der Waals surface area contributed by atoms with Crippen molar-refractivity contribution >= 4 is 10.9 Å². The van der Waals surface area contributed by atoms with E-state index in [1.54, 1.807) is 10.9 Å². The van der Waals surface area contributed by atoms with Gasteiger partial charge in [-0.3, -0.25) is 9.36 Å². The van der Waals surface area contributed by atoms with Gasteiger partial charge in [0.05, 0.1) is 17.2 Å². The molecule has 1 heterocycles. The van der Waals surface area contributed by atoms with E-state index < -0.39 is 0 Å². The minimum absolute atomic E-state index is 0.0442. The number of hydrogen-bond donors (Lipinski definition) is 1. The first-order valence-electron chi connectivity index (χ1n) is 8.95. The van der Waals surface area contributed by atoms with Gasteiger partial charge in [0.15, 0.2) is 0 Å². The Morgan fingerprint density at radius 3 is 2.68 bits per heavy atom. The van der Waals surface area contributed by atoms with Gasteiger partial charge in [0.2, 0.25) is 0 Å². The molecule has 0 spiro atoms. The third kappa shape index (κ3) is 4.77. The Morgan fingerprint density at radius 2 is 1.84 bits per heavy atom. The molecule has 0 bridgehead atoms. The van der Waals surface area contributed by atoms with Gasteiger partial charge >= 0.3 is 0 Å². The maximum absolute atomic E-state index is 12.4. The largest absolute Gasteiger partial charge is 0.314 e. The van der Waals surface area contributed by atoms with Crippen molar-refractivity contribution in [3.8, 4) is 0 Å². The number of rotatable bonds is 8. The van der Waals surface area contributed by atoms with Gasteiger partial charge in [-0.05, 0) is 50.4 Å². The van der Waals surface area contributed by atoms with Crippen LogP contribution in [0.25, 0.3) is 10.9 Å². The number of benzene rings is 2. The van der Waals surface area contributed by atoms with Crippen LogP contribution in [-0.4, -0.2) is 22.1 Å². The van der Waals surface area contributed by atoms with Crippen LogP contribution in [0.1, 0.15) is 25.3 Å². The molecule has 1 N–H and O–H groups in total. The van der Waals surface area contributed by atoms with Crippen molar-refractivity contribution in [1.29, 1.82) is 0 Å². The molecule has 0 fully saturated rings. The van der Waals surface area contributed by atoms with E-state index in [4.69, 9.17) is 0 Å². The van der Waals surface area contributed by atoms with Gasteiger partial charge in [0, 0.05) is 12.6 Å². The zero-order valence-corrected chi connectivity index (χ0v) is 14.7. The minimum Gasteiger partial charge on any atom is -0.314 e. The molecule has 1 atom stereocenters. The summed E-state index contributed by atoms with van der Waals surface area (Å²) in [6, 6.07) is 18.5. The van der Waals surface area contributed by atoms with Crippen LogP contribution in [0.15, 0.2) is 65.7 Å². The Morgan fingerprint density at radius 1 is 1.08 bits per heavy atom. The van der Waals surface area contributed by atoms with Crippen molar-refractivity contribution in [2.75, 3.05) is 6.54 Å². The van der Waals surface area contributed by atoms with Gasteiger partial charge in [0.25, 0.3) is 5.56 Å². The van der Waals surface area contributed by atoms with Crippen molar-refractivity contribution < 1.29 is 0 Å². The molecule has 2 aromatic carbocycles. The molecule has 0 aliphatic rings. The number of aryl methyl sites for hydroxylation is 2. The molecule has 3 rings (SSSR count). The summed E-state index contributed by atoms with van der Waals surface area (Å²) in [6.45, 7) is 3.80. The van der Waals surface area contributed by atoms with Gasteiger partial charge in [0.1, 0.15) is 0 Å². The summed E-state index contributed by atoms with van der Waals surface area (Å²) in [5, 5.41) is 4.23. The van der Waals surface area contributed by atoms with Crippen LogP contribution in [0.2, 0.25) is 0 Å². The Kier molecular flexibility index (Phi) is 5.96. The summed E-state index contributed by atoms with van der Waals surface area (Å²) in [4.78, 5) is 16.8. The highest BCUT2D eigenvalue weighted by molar-refractivity contribution is 5.76. The highest BCUT2D eigenvalue weighted by atomic mass is 16.1. The van der Waals surface area contributed by atoms with Crippen LogP contribution in [0.5, 0.6) is 0 Å². The number of hydrogen-bond acceptors (Lipinski definition) is 3. The number of para-hydroxylation sites is 1. The van der Waals surface area contributed by atoms with E-state index in [1.807, 2.05) is 24.3 Å². The smallest absolute Gasteiger partial charge is 0.261 e. The molecule has 0 saturated carbocycles. The Balaban J connectivity index is 1.44. The molecule has 0 saturated heterocycles. The molecule has 130 valence electrons. The van der Waals surface area contributed by atoms with E-state index in [0.717, 1.165) is 31.3 Å². The first kappa shape index (κ1) is 17.4. The lowest BCUT2D eigenvalue weighted by Gasteiger charge is -2.14. The summed E-state index contributed by atoms with van der Waals surface area (Å²) in [7, 11) is 0. The predicted octanol–water partition coefficient (Wildman–Crippen LogP) is 3.40. The second-order valence-electron chi connectivity index (χ2n) is 6.49. The quantitative estimate of drug-likeness (QED) is 0.642. The molecular formula is C21H25N3O. The highest BCUT2D eigenvalue weighted by Crippen LogP contribution is 2.06. The van der Waals surface area contributed by atoms with E-state index in [0.29, 0.717) is 18.0 Å². The molecule has 0 radical (unpaired) electrons. The second-order valence-corrected chi connectivity index (χ2v) is 6.49. The van der Waals surface area contributed by atoms with Crippen LogP contribution in [0, 0.1) is 0 Å². The van der Waals surface area contributed by atoms with Gasteiger partial charge in [-0.1, -0.05) is 42.5 Å². The second kappa shape index (κ2) is 8.58. The molecule has 25 heavy (non-hydrogen) atoms. The van der Waals surface area contributed by atoms with Crippen molar-refractivity contribution in [3.63, 3.8) is 0 Å². The number of fused-ring (bicyclic) bond motifs is 1. The first-order chi connectivity index (χ1) is 12.2. The average molecular weight is 335 g/mol. The van der Waals surface area contributed by atoms with Crippen LogP contribution < -0.4 is 10.9 Å². The monoisotopic (exact) mass is 335 g/mol. The lowest BCUT2D eigenvalue weighted by atomic mass is 10.1. The number of nitrogens with zero attached hydrogens (tertiary/aromatic N) is 2. The topological polar surface area (TPSA) is 46.9 Å². The SMILES string of the molecule is CC(CCc1ccccc1)NCCCn1cnc2ccccc2c1=O. The molecule has 4 heteroatoms. The van der Waals surface area contributed by atoms with E-state index in [9.17, 15) is 4.79 Å². The molecule has 1 unspecified atom stereocenters. The third-order valence-electron chi connectivity index (χ3n) is 4.51. The molecule has 0 amide bonds. The third-order valence-corrected chi connectivity index (χ3v) is 4.51. The number of aromatic nitrogens is 2. The summed E-state index contributed by atoms with van der Waals surface area (Å²) >= 11 is 0. The van der Waals surface area contributed by atoms with Crippen LogP contribution >= 0.6 is 0 Å². The zero-order valence-electron chi connectivity index (χ0n) is 14.7. The summed E-state index contributed by atoms with van der Waals surface area (Å²) in [6.07, 6.45) is 4.77. The van der Waals surface area contributed by atoms with Gasteiger partial charge < -0.3 is 5.32 Å². The highest BCUT2D eigenvalue weighted by Gasteiger charge is 2.04. The van der Waals surface area contributed by atoms with Gasteiger partial charge in [-0.15, -0.1) is 0 Å². The normalized spacial score (nSPS) is 12.4. The van der Waals surface area contributed by atoms with Crippen molar-refractivity contribution in [3.05, 3.63) is 76.8 Å². The van der Waals surface area contributed by atoms with Crippen LogP contribution in [0.4, 0.5) is 0 Å². The summed E-state index contributed by atoms with van der Waals surface area (Å²) < 4.78 is 1.71. The molecule has 3 aromatic rings. The summed E-state index contributed by atoms with van der Waals surface area (Å²) in [5.41, 5.74) is 2.18. The van der Waals surface area contributed by atoms with E-state index >= 15 is 0 Å². The van der Waals surface area contributed by atoms with E-state index in [2.05, 4.69) is 47.6 Å². The summed E-state index contributed by atoms with van der Waals surface area (Å²) in [5.74, 6) is 0. The van der Waals surface area contributed by atoms with Crippen molar-refractivity contribution in [2.24, 2.45) is 0 Å². The molecular weight excluding hydrogens is 310 g/mol. The predicted molar refractivity (Wildman–Crippen MR) is 103 cm³/mol. The lowest BCUT2D eigenvalue weighted by molar-refractivity contribution is 0.486. The zero-order chi connectivity index (χ0) is 17.5. The fraction of sp³-hybridized carbons (Fsp3) is 0.333.